The van der Waals surface area contributed by atoms with Crippen LogP contribution in [0.25, 0.3) is 0 Å². The van der Waals surface area contributed by atoms with Crippen LogP contribution in [-0.2, 0) is 0 Å². The molecule has 0 spiro atoms. The molecule has 1 N–H and O–H groups in total. The van der Waals surface area contributed by atoms with E-state index in [2.05, 4.69) is 24.1 Å². The number of rotatable bonds is 6. The van der Waals surface area contributed by atoms with E-state index in [-0.39, 0.29) is 5.91 Å². The first-order valence-electron chi connectivity index (χ1n) is 6.58. The molecule has 0 bridgehead atoms. The third-order valence-corrected chi connectivity index (χ3v) is 3.40. The number of carbonyl (C=O) groups is 1. The molecule has 0 unspecified atom stereocenters. The van der Waals surface area contributed by atoms with Crippen molar-refractivity contribution in [3.63, 3.8) is 0 Å². The minimum absolute atomic E-state index is 0.0333. The fourth-order valence-electron chi connectivity index (χ4n) is 2.08. The van der Waals surface area contributed by atoms with Crippen LogP contribution < -0.4 is 5.32 Å². The van der Waals surface area contributed by atoms with Gasteiger partial charge in [0.25, 0.3) is 5.91 Å². The summed E-state index contributed by atoms with van der Waals surface area (Å²) in [4.78, 5) is 14.3. The van der Waals surface area contributed by atoms with Crippen LogP contribution in [0.4, 0.5) is 0 Å². The molecule has 102 valence electrons. The van der Waals surface area contributed by atoms with E-state index in [9.17, 15) is 4.79 Å². The summed E-state index contributed by atoms with van der Waals surface area (Å²) < 4.78 is 5.46. The molecular formula is C14H24N2O2. The average Bonchev–Trinajstić information content (AvgIpc) is 2.59. The molecule has 0 fully saturated rings. The number of aryl methyl sites for hydroxylation is 2. The Morgan fingerprint density at radius 1 is 1.17 bits per heavy atom. The number of hydrogen-bond acceptors (Lipinski definition) is 3. The third-order valence-electron chi connectivity index (χ3n) is 3.40. The van der Waals surface area contributed by atoms with Gasteiger partial charge in [-0.1, -0.05) is 13.8 Å². The second-order valence-corrected chi connectivity index (χ2v) is 4.50. The Bertz CT molecular complexity index is 406. The standard InChI is InChI=1S/C14H24N2O2/c1-6-16(7-2)9-8-15-14(17)13-10(3)11(4)18-12(13)5/h6-9H2,1-5H3,(H,15,17). The Morgan fingerprint density at radius 3 is 2.22 bits per heavy atom. The summed E-state index contributed by atoms with van der Waals surface area (Å²) in [5.41, 5.74) is 1.62. The van der Waals surface area contributed by atoms with Gasteiger partial charge in [0.1, 0.15) is 11.5 Å². The molecule has 0 aliphatic heterocycles. The second kappa shape index (κ2) is 6.59. The number of amides is 1. The van der Waals surface area contributed by atoms with E-state index < -0.39 is 0 Å². The summed E-state index contributed by atoms with van der Waals surface area (Å²) in [7, 11) is 0. The molecule has 0 aliphatic carbocycles. The first kappa shape index (κ1) is 14.8. The molecule has 4 nitrogen and oxygen atoms in total. The highest BCUT2D eigenvalue weighted by Crippen LogP contribution is 2.20. The van der Waals surface area contributed by atoms with E-state index >= 15 is 0 Å². The van der Waals surface area contributed by atoms with E-state index in [1.807, 2.05) is 20.8 Å². The summed E-state index contributed by atoms with van der Waals surface area (Å²) >= 11 is 0. The summed E-state index contributed by atoms with van der Waals surface area (Å²) in [6.07, 6.45) is 0. The van der Waals surface area contributed by atoms with Gasteiger partial charge in [0.2, 0.25) is 0 Å². The number of nitrogens with one attached hydrogen (secondary N) is 1. The first-order chi connectivity index (χ1) is 8.51. The van der Waals surface area contributed by atoms with Crippen molar-refractivity contribution in [2.45, 2.75) is 34.6 Å². The van der Waals surface area contributed by atoms with Crippen molar-refractivity contribution in [2.24, 2.45) is 0 Å². The Kier molecular flexibility index (Phi) is 5.41. The summed E-state index contributed by atoms with van der Waals surface area (Å²) in [5.74, 6) is 1.49. The van der Waals surface area contributed by atoms with Crippen molar-refractivity contribution in [3.8, 4) is 0 Å². The molecule has 0 radical (unpaired) electrons. The van der Waals surface area contributed by atoms with E-state index in [0.717, 1.165) is 31.0 Å². The van der Waals surface area contributed by atoms with E-state index in [0.29, 0.717) is 17.9 Å². The summed E-state index contributed by atoms with van der Waals surface area (Å²) in [5, 5.41) is 2.95. The fraction of sp³-hybridized carbons (Fsp3) is 0.643. The maximum absolute atomic E-state index is 12.1. The summed E-state index contributed by atoms with van der Waals surface area (Å²) in [6, 6.07) is 0. The zero-order chi connectivity index (χ0) is 13.7. The largest absolute Gasteiger partial charge is 0.466 e. The topological polar surface area (TPSA) is 45.5 Å². The number of nitrogens with zero attached hydrogens (tertiary/aromatic N) is 1. The van der Waals surface area contributed by atoms with Gasteiger partial charge in [-0.25, -0.2) is 0 Å². The Hall–Kier alpha value is -1.29. The van der Waals surface area contributed by atoms with Crippen LogP contribution in [0.1, 0.15) is 41.3 Å². The smallest absolute Gasteiger partial charge is 0.255 e. The van der Waals surface area contributed by atoms with Crippen molar-refractivity contribution in [1.29, 1.82) is 0 Å². The Balaban J connectivity index is 2.56. The van der Waals surface area contributed by atoms with Crippen LogP contribution in [-0.4, -0.2) is 37.0 Å². The van der Waals surface area contributed by atoms with Gasteiger partial charge in [-0.3, -0.25) is 4.79 Å². The molecule has 0 atom stereocenters. The number of carbonyl (C=O) groups excluding carboxylic acids is 1. The molecule has 0 aromatic carbocycles. The molecule has 4 heteroatoms. The molecule has 1 amide bonds. The van der Waals surface area contributed by atoms with Crippen LogP contribution >= 0.6 is 0 Å². The highest BCUT2D eigenvalue weighted by molar-refractivity contribution is 5.96. The number of likely N-dealkylation sites (N-methyl/N-ethyl adjacent to an activating group) is 1. The van der Waals surface area contributed by atoms with Crippen molar-refractivity contribution >= 4 is 5.91 Å². The van der Waals surface area contributed by atoms with Gasteiger partial charge < -0.3 is 14.6 Å². The highest BCUT2D eigenvalue weighted by Gasteiger charge is 2.17. The van der Waals surface area contributed by atoms with Crippen molar-refractivity contribution in [1.82, 2.24) is 10.2 Å². The number of furan rings is 1. The maximum atomic E-state index is 12.1. The number of hydrogen-bond donors (Lipinski definition) is 1. The SMILES string of the molecule is CCN(CC)CCNC(=O)c1c(C)oc(C)c1C. The second-order valence-electron chi connectivity index (χ2n) is 4.50. The third kappa shape index (κ3) is 3.35. The van der Waals surface area contributed by atoms with Crippen LogP contribution in [0.3, 0.4) is 0 Å². The first-order valence-corrected chi connectivity index (χ1v) is 6.58. The van der Waals surface area contributed by atoms with Crippen LogP contribution in [0.5, 0.6) is 0 Å². The minimum Gasteiger partial charge on any atom is -0.466 e. The van der Waals surface area contributed by atoms with Crippen molar-refractivity contribution in [3.05, 3.63) is 22.6 Å². The fourth-order valence-corrected chi connectivity index (χ4v) is 2.08. The van der Waals surface area contributed by atoms with E-state index in [1.54, 1.807) is 0 Å². The monoisotopic (exact) mass is 252 g/mol. The van der Waals surface area contributed by atoms with Gasteiger partial charge >= 0.3 is 0 Å². The van der Waals surface area contributed by atoms with E-state index in [1.165, 1.54) is 0 Å². The molecule has 1 aromatic rings. The molecule has 0 saturated carbocycles. The van der Waals surface area contributed by atoms with Gasteiger partial charge in [0.05, 0.1) is 5.56 Å². The van der Waals surface area contributed by atoms with E-state index in [4.69, 9.17) is 4.42 Å². The lowest BCUT2D eigenvalue weighted by atomic mass is 10.1. The molecule has 1 aromatic heterocycles. The predicted molar refractivity (Wildman–Crippen MR) is 73.0 cm³/mol. The van der Waals surface area contributed by atoms with Gasteiger partial charge in [-0.05, 0) is 33.9 Å². The minimum atomic E-state index is -0.0333. The molecule has 0 saturated heterocycles. The van der Waals surface area contributed by atoms with Crippen LogP contribution in [0, 0.1) is 20.8 Å². The zero-order valence-corrected chi connectivity index (χ0v) is 12.1. The molecule has 0 aliphatic rings. The molecule has 1 rings (SSSR count). The van der Waals surface area contributed by atoms with Crippen LogP contribution in [0.15, 0.2) is 4.42 Å². The summed E-state index contributed by atoms with van der Waals surface area (Å²) in [6.45, 7) is 13.5. The lowest BCUT2D eigenvalue weighted by Crippen LogP contribution is -2.35. The average molecular weight is 252 g/mol. The van der Waals surface area contributed by atoms with Crippen molar-refractivity contribution < 1.29 is 9.21 Å². The van der Waals surface area contributed by atoms with Gasteiger partial charge in [-0.2, -0.15) is 0 Å². The Morgan fingerprint density at radius 2 is 1.78 bits per heavy atom. The van der Waals surface area contributed by atoms with Crippen LogP contribution in [0.2, 0.25) is 0 Å². The molecule has 1 heterocycles. The van der Waals surface area contributed by atoms with Gasteiger partial charge in [-0.15, -0.1) is 0 Å². The quantitative estimate of drug-likeness (QED) is 0.845. The maximum Gasteiger partial charge on any atom is 0.255 e. The predicted octanol–water partition coefficient (Wildman–Crippen LogP) is 2.28. The lowest BCUT2D eigenvalue weighted by Gasteiger charge is -2.17. The normalized spacial score (nSPS) is 11.0. The van der Waals surface area contributed by atoms with Gasteiger partial charge in [0, 0.05) is 18.7 Å². The molecular weight excluding hydrogens is 228 g/mol. The Labute approximate surface area is 109 Å². The highest BCUT2D eigenvalue weighted by atomic mass is 16.3. The lowest BCUT2D eigenvalue weighted by molar-refractivity contribution is 0.0947. The molecule has 18 heavy (non-hydrogen) atoms. The van der Waals surface area contributed by atoms with Gasteiger partial charge in [0.15, 0.2) is 0 Å². The van der Waals surface area contributed by atoms with Crippen molar-refractivity contribution in [2.75, 3.05) is 26.2 Å². The zero-order valence-electron chi connectivity index (χ0n) is 12.1.